The third-order valence-corrected chi connectivity index (χ3v) is 9.62. The number of likely N-dealkylation sites (N-methyl/N-ethyl adjacent to an activating group) is 2. The summed E-state index contributed by atoms with van der Waals surface area (Å²) < 4.78 is 0. The molecule has 8 heteroatoms. The summed E-state index contributed by atoms with van der Waals surface area (Å²) in [5.74, 6) is -1.05. The number of nitrogens with one attached hydrogen (secondary N) is 2. The highest BCUT2D eigenvalue weighted by atomic mass is 16.2. The fourth-order valence-electron chi connectivity index (χ4n) is 7.04. The van der Waals surface area contributed by atoms with Gasteiger partial charge in [-0.05, 0) is 49.7 Å². The van der Waals surface area contributed by atoms with E-state index in [9.17, 15) is 19.2 Å². The van der Waals surface area contributed by atoms with Gasteiger partial charge in [0.25, 0.3) is 0 Å². The van der Waals surface area contributed by atoms with Crippen molar-refractivity contribution in [2.24, 2.45) is 11.8 Å². The van der Waals surface area contributed by atoms with E-state index >= 15 is 0 Å². The normalized spacial score (nSPS) is 29.6. The number of hydrogen-bond acceptors (Lipinski definition) is 4. The van der Waals surface area contributed by atoms with E-state index in [1.165, 1.54) is 0 Å². The lowest BCUT2D eigenvalue weighted by atomic mass is 9.83. The van der Waals surface area contributed by atoms with Crippen LogP contribution in [0.5, 0.6) is 0 Å². The lowest BCUT2D eigenvalue weighted by Crippen LogP contribution is -2.56. The second-order valence-electron chi connectivity index (χ2n) is 12.4. The maximum absolute atomic E-state index is 14.0. The van der Waals surface area contributed by atoms with Crippen LogP contribution in [0.15, 0.2) is 60.7 Å². The first-order valence-corrected chi connectivity index (χ1v) is 15.5. The number of nitrogens with zero attached hydrogens (tertiary/aromatic N) is 2. The summed E-state index contributed by atoms with van der Waals surface area (Å²) in [6.45, 7) is 0. The first kappa shape index (κ1) is 29.8. The summed E-state index contributed by atoms with van der Waals surface area (Å²) in [5.41, 5.74) is 1.97. The Kier molecular flexibility index (Phi) is 9.60. The standard InChI is InChI=1S/C34H44N4O4/c1-37-27-17-9-15-25(21-27)31(39)36-30(20-24-13-7-4-8-14-24)34(42)38(2)28-18-10-16-26(22-28)32(40)35-29(33(37)41)19-23-11-5-3-6-12-23/h3-8,11-14,25-30H,9-10,15-22H2,1-2H3,(H,35,40)(H,36,39)/t25-,26-,27+,28+,29-,30-/m1/s1. The van der Waals surface area contributed by atoms with Crippen molar-refractivity contribution < 1.29 is 19.2 Å². The summed E-state index contributed by atoms with van der Waals surface area (Å²) in [6, 6.07) is 17.9. The van der Waals surface area contributed by atoms with Crippen molar-refractivity contribution in [3.05, 3.63) is 71.8 Å². The molecular weight excluding hydrogens is 528 g/mol. The molecule has 224 valence electrons. The average Bonchev–Trinajstić information content (AvgIpc) is 3.03. The minimum atomic E-state index is -0.693. The van der Waals surface area contributed by atoms with Gasteiger partial charge in [-0.15, -0.1) is 0 Å². The Labute approximate surface area is 249 Å². The van der Waals surface area contributed by atoms with Crippen LogP contribution in [0.1, 0.15) is 62.5 Å². The van der Waals surface area contributed by atoms with Crippen LogP contribution < -0.4 is 10.6 Å². The lowest BCUT2D eigenvalue weighted by molar-refractivity contribution is -0.142. The van der Waals surface area contributed by atoms with Gasteiger partial charge in [-0.3, -0.25) is 19.2 Å². The van der Waals surface area contributed by atoms with Gasteiger partial charge in [0.05, 0.1) is 0 Å². The van der Waals surface area contributed by atoms with Crippen LogP contribution in [0.3, 0.4) is 0 Å². The maximum Gasteiger partial charge on any atom is 0.245 e. The summed E-state index contributed by atoms with van der Waals surface area (Å²) in [7, 11) is 3.60. The summed E-state index contributed by atoms with van der Waals surface area (Å²) in [4.78, 5) is 58.8. The number of rotatable bonds is 4. The van der Waals surface area contributed by atoms with Crippen molar-refractivity contribution in [3.8, 4) is 0 Å². The van der Waals surface area contributed by atoms with E-state index in [2.05, 4.69) is 10.6 Å². The van der Waals surface area contributed by atoms with E-state index in [0.717, 1.165) is 49.7 Å². The molecule has 2 saturated carbocycles. The molecule has 0 spiro atoms. The quantitative estimate of drug-likeness (QED) is 0.586. The molecule has 0 radical (unpaired) electrons. The van der Waals surface area contributed by atoms with Crippen molar-refractivity contribution in [3.63, 3.8) is 0 Å². The largest absolute Gasteiger partial charge is 0.344 e. The second-order valence-corrected chi connectivity index (χ2v) is 12.4. The Bertz CT molecular complexity index is 1160. The molecule has 6 atom stereocenters. The first-order valence-electron chi connectivity index (χ1n) is 15.5. The Morgan fingerprint density at radius 3 is 1.36 bits per heavy atom. The molecule has 2 aromatic carbocycles. The molecule has 1 saturated heterocycles. The fraction of sp³-hybridized carbons (Fsp3) is 0.529. The smallest absolute Gasteiger partial charge is 0.245 e. The summed E-state index contributed by atoms with van der Waals surface area (Å²) in [5, 5.41) is 6.24. The molecule has 4 bridgehead atoms. The van der Waals surface area contributed by atoms with Crippen LogP contribution in [0.4, 0.5) is 0 Å². The van der Waals surface area contributed by atoms with Crippen molar-refractivity contribution in [1.82, 2.24) is 20.4 Å². The van der Waals surface area contributed by atoms with Crippen LogP contribution in [0.2, 0.25) is 0 Å². The Morgan fingerprint density at radius 2 is 0.976 bits per heavy atom. The Morgan fingerprint density at radius 1 is 0.595 bits per heavy atom. The van der Waals surface area contributed by atoms with Crippen molar-refractivity contribution >= 4 is 23.6 Å². The Balaban J connectivity index is 1.45. The second kappa shape index (κ2) is 13.5. The van der Waals surface area contributed by atoms with Gasteiger partial charge in [-0.1, -0.05) is 73.5 Å². The minimum Gasteiger partial charge on any atom is -0.344 e. The SMILES string of the molecule is CN1C(=O)[C@@H](Cc2ccccc2)NC(=O)[C@@H]2CCC[C@@H](C2)N(C)C(=O)[C@@H](Cc2ccccc2)NC(=O)[C@@H]2CCC[C@H]1C2. The third kappa shape index (κ3) is 7.02. The summed E-state index contributed by atoms with van der Waals surface area (Å²) >= 11 is 0. The number of benzene rings is 2. The number of fused-ring (bicyclic) bond motifs is 4. The van der Waals surface area contributed by atoms with Gasteiger partial charge in [-0.25, -0.2) is 0 Å². The molecule has 42 heavy (non-hydrogen) atoms. The number of amides is 4. The molecule has 2 aromatic rings. The average molecular weight is 573 g/mol. The van der Waals surface area contributed by atoms with Crippen molar-refractivity contribution in [1.29, 1.82) is 0 Å². The molecule has 0 unspecified atom stereocenters. The Hall–Kier alpha value is -3.68. The predicted molar refractivity (Wildman–Crippen MR) is 161 cm³/mol. The molecular formula is C34H44N4O4. The number of carbonyl (C=O) groups excluding carboxylic acids is 4. The van der Waals surface area contributed by atoms with Crippen LogP contribution in [0.25, 0.3) is 0 Å². The van der Waals surface area contributed by atoms with E-state index < -0.39 is 12.1 Å². The monoisotopic (exact) mass is 572 g/mol. The first-order chi connectivity index (χ1) is 20.3. The molecule has 3 fully saturated rings. The predicted octanol–water partition coefficient (Wildman–Crippen LogP) is 3.49. The molecule has 5 rings (SSSR count). The molecule has 8 nitrogen and oxygen atoms in total. The molecule has 2 aliphatic carbocycles. The fourth-order valence-corrected chi connectivity index (χ4v) is 7.04. The third-order valence-electron chi connectivity index (χ3n) is 9.62. The van der Waals surface area contributed by atoms with Gasteiger partial charge < -0.3 is 20.4 Å². The van der Waals surface area contributed by atoms with Gasteiger partial charge in [0, 0.05) is 50.9 Å². The minimum absolute atomic E-state index is 0.116. The highest BCUT2D eigenvalue weighted by Crippen LogP contribution is 2.31. The molecule has 2 N–H and O–H groups in total. The van der Waals surface area contributed by atoms with E-state index in [1.54, 1.807) is 23.9 Å². The van der Waals surface area contributed by atoms with Gasteiger partial charge in [0.2, 0.25) is 23.6 Å². The molecule has 3 aliphatic rings. The van der Waals surface area contributed by atoms with Crippen molar-refractivity contribution in [2.75, 3.05) is 14.1 Å². The molecule has 1 aliphatic heterocycles. The highest BCUT2D eigenvalue weighted by Gasteiger charge is 2.39. The van der Waals surface area contributed by atoms with Gasteiger partial charge in [0.15, 0.2) is 0 Å². The van der Waals surface area contributed by atoms with Gasteiger partial charge in [0.1, 0.15) is 12.1 Å². The highest BCUT2D eigenvalue weighted by molar-refractivity contribution is 5.90. The zero-order valence-corrected chi connectivity index (χ0v) is 24.8. The van der Waals surface area contributed by atoms with E-state index in [4.69, 9.17) is 0 Å². The topological polar surface area (TPSA) is 98.8 Å². The van der Waals surface area contributed by atoms with Gasteiger partial charge >= 0.3 is 0 Å². The number of hydrogen-bond donors (Lipinski definition) is 2. The summed E-state index contributed by atoms with van der Waals surface area (Å²) in [6.07, 6.45) is 6.57. The lowest BCUT2D eigenvalue weighted by Gasteiger charge is -2.39. The zero-order chi connectivity index (χ0) is 29.6. The molecule has 4 amide bonds. The maximum atomic E-state index is 14.0. The van der Waals surface area contributed by atoms with Crippen LogP contribution >= 0.6 is 0 Å². The molecule has 1 heterocycles. The molecule has 0 aromatic heterocycles. The van der Waals surface area contributed by atoms with Crippen LogP contribution in [0, 0.1) is 11.8 Å². The number of carbonyl (C=O) groups is 4. The van der Waals surface area contributed by atoms with E-state index in [1.807, 2.05) is 60.7 Å². The van der Waals surface area contributed by atoms with E-state index in [0.29, 0.717) is 25.7 Å². The van der Waals surface area contributed by atoms with Crippen LogP contribution in [-0.2, 0) is 32.0 Å². The van der Waals surface area contributed by atoms with E-state index in [-0.39, 0.29) is 47.5 Å². The van der Waals surface area contributed by atoms with Crippen molar-refractivity contribution in [2.45, 2.75) is 88.4 Å². The van der Waals surface area contributed by atoms with Crippen LogP contribution in [-0.4, -0.2) is 71.7 Å². The zero-order valence-electron chi connectivity index (χ0n) is 24.8. The van der Waals surface area contributed by atoms with Gasteiger partial charge in [-0.2, -0.15) is 0 Å².